The maximum Gasteiger partial charge on any atom is 0.244 e. The minimum atomic E-state index is -4.61. The molecular formula is C21H24F3N3O4S. The zero-order valence-electron chi connectivity index (χ0n) is 17.2. The molecule has 1 aromatic rings. The number of carbonyl (C=O) groups is 2. The number of sulfonamides is 1. The Kier molecular flexibility index (Phi) is 4.70. The van der Waals surface area contributed by atoms with E-state index in [2.05, 4.69) is 10.0 Å². The summed E-state index contributed by atoms with van der Waals surface area (Å²) < 4.78 is 68.3. The highest BCUT2D eigenvalue weighted by Gasteiger charge is 2.60. The topological polar surface area (TPSA) is 118 Å². The number of carbonyl (C=O) groups excluding carboxylic acids is 2. The normalized spacial score (nSPS) is 34.3. The lowest BCUT2D eigenvalue weighted by molar-refractivity contribution is -0.147. The highest BCUT2D eigenvalue weighted by atomic mass is 32.2. The van der Waals surface area contributed by atoms with Crippen LogP contribution < -0.4 is 15.8 Å². The highest BCUT2D eigenvalue weighted by molar-refractivity contribution is 7.89. The van der Waals surface area contributed by atoms with Crippen LogP contribution in [0.5, 0.6) is 0 Å². The number of halogens is 3. The molecule has 6 rings (SSSR count). The standard InChI is InChI=1S/C21H24F3N3O4S/c22-13-1-2-14(16(24)15(13)23)32(30,31)27-21(3-4-21)19(29)26-17-11-5-10-6-12(17)9-20(7-10,8-11)18(25)28/h1-2,10-12,17,27H,3-9H2,(H2,25,28)(H,26,29). The molecule has 2 unspecified atom stereocenters. The molecule has 5 aliphatic rings. The van der Waals surface area contributed by atoms with E-state index in [1.54, 1.807) is 0 Å². The first-order valence-corrected chi connectivity index (χ1v) is 12.2. The molecular weight excluding hydrogens is 447 g/mol. The van der Waals surface area contributed by atoms with E-state index in [-0.39, 0.29) is 36.6 Å². The van der Waals surface area contributed by atoms with E-state index < -0.39 is 49.2 Å². The number of benzene rings is 1. The average molecular weight is 472 g/mol. The van der Waals surface area contributed by atoms with Crippen LogP contribution in [0.25, 0.3) is 0 Å². The van der Waals surface area contributed by atoms with Crippen LogP contribution in [0.15, 0.2) is 17.0 Å². The van der Waals surface area contributed by atoms with Gasteiger partial charge >= 0.3 is 0 Å². The van der Waals surface area contributed by atoms with Crippen molar-refractivity contribution in [3.63, 3.8) is 0 Å². The molecule has 5 aliphatic carbocycles. The highest BCUT2D eigenvalue weighted by Crippen LogP contribution is 2.60. The molecule has 174 valence electrons. The molecule has 0 spiro atoms. The Morgan fingerprint density at radius 3 is 2.19 bits per heavy atom. The van der Waals surface area contributed by atoms with Crippen LogP contribution in [0.3, 0.4) is 0 Å². The van der Waals surface area contributed by atoms with Gasteiger partial charge in [0.25, 0.3) is 0 Å². The van der Waals surface area contributed by atoms with Crippen LogP contribution in [0, 0.1) is 40.6 Å². The third-order valence-electron chi connectivity index (χ3n) is 7.90. The number of hydrogen-bond donors (Lipinski definition) is 3. The van der Waals surface area contributed by atoms with Crippen LogP contribution in [0.4, 0.5) is 13.2 Å². The Labute approximate surface area is 183 Å². The number of primary amides is 1. The van der Waals surface area contributed by atoms with Gasteiger partial charge in [-0.2, -0.15) is 4.72 Å². The smallest absolute Gasteiger partial charge is 0.244 e. The van der Waals surface area contributed by atoms with Crippen molar-refractivity contribution in [3.05, 3.63) is 29.6 Å². The van der Waals surface area contributed by atoms with Crippen molar-refractivity contribution in [3.8, 4) is 0 Å². The largest absolute Gasteiger partial charge is 0.369 e. The Morgan fingerprint density at radius 1 is 1.00 bits per heavy atom. The molecule has 0 aromatic heterocycles. The second kappa shape index (κ2) is 6.93. The molecule has 7 nitrogen and oxygen atoms in total. The lowest BCUT2D eigenvalue weighted by Crippen LogP contribution is -2.64. The lowest BCUT2D eigenvalue weighted by Gasteiger charge is -2.59. The van der Waals surface area contributed by atoms with Crippen molar-refractivity contribution in [2.75, 3.05) is 0 Å². The molecule has 5 saturated carbocycles. The van der Waals surface area contributed by atoms with Crippen LogP contribution in [0.2, 0.25) is 0 Å². The number of rotatable bonds is 6. The Balaban J connectivity index is 1.33. The average Bonchev–Trinajstić information content (AvgIpc) is 3.48. The van der Waals surface area contributed by atoms with E-state index in [9.17, 15) is 31.2 Å². The third kappa shape index (κ3) is 3.23. The van der Waals surface area contributed by atoms with E-state index in [1.165, 1.54) is 0 Å². The summed E-state index contributed by atoms with van der Waals surface area (Å²) in [6, 6.07) is 0.967. The van der Waals surface area contributed by atoms with Crippen LogP contribution >= 0.6 is 0 Å². The van der Waals surface area contributed by atoms with E-state index in [0.29, 0.717) is 30.9 Å². The van der Waals surface area contributed by atoms with Crippen molar-refractivity contribution in [2.45, 2.75) is 61.4 Å². The van der Waals surface area contributed by atoms with Crippen LogP contribution in [-0.2, 0) is 19.6 Å². The van der Waals surface area contributed by atoms with Crippen molar-refractivity contribution in [1.82, 2.24) is 10.0 Å². The van der Waals surface area contributed by atoms with Crippen LogP contribution in [-0.4, -0.2) is 31.8 Å². The summed E-state index contributed by atoms with van der Waals surface area (Å²) in [5, 5.41) is 2.98. The summed E-state index contributed by atoms with van der Waals surface area (Å²) in [5.41, 5.74) is 3.73. The van der Waals surface area contributed by atoms with Gasteiger partial charge in [0.15, 0.2) is 17.5 Å². The zero-order chi connectivity index (χ0) is 23.1. The zero-order valence-corrected chi connectivity index (χ0v) is 18.0. The lowest BCUT2D eigenvalue weighted by atomic mass is 9.47. The number of amides is 2. The van der Waals surface area contributed by atoms with E-state index in [4.69, 9.17) is 5.73 Å². The summed E-state index contributed by atoms with van der Waals surface area (Å²) in [7, 11) is -4.61. The summed E-state index contributed by atoms with van der Waals surface area (Å²) >= 11 is 0. The van der Waals surface area contributed by atoms with E-state index in [1.807, 2.05) is 0 Å². The van der Waals surface area contributed by atoms with Gasteiger partial charge in [0.1, 0.15) is 10.4 Å². The van der Waals surface area contributed by atoms with Crippen molar-refractivity contribution in [2.24, 2.45) is 28.9 Å². The molecule has 4 bridgehead atoms. The second-order valence-electron chi connectivity index (χ2n) is 9.97. The monoisotopic (exact) mass is 471 g/mol. The van der Waals surface area contributed by atoms with E-state index >= 15 is 0 Å². The third-order valence-corrected chi connectivity index (χ3v) is 9.45. The van der Waals surface area contributed by atoms with Crippen molar-refractivity contribution in [1.29, 1.82) is 0 Å². The Bertz CT molecular complexity index is 1110. The summed E-state index contributed by atoms with van der Waals surface area (Å²) in [6.07, 6.45) is 4.20. The number of hydrogen-bond acceptors (Lipinski definition) is 4. The maximum atomic E-state index is 14.1. The summed E-state index contributed by atoms with van der Waals surface area (Å²) in [4.78, 5) is 24.1. The fourth-order valence-electron chi connectivity index (χ4n) is 6.38. The molecule has 2 atom stereocenters. The van der Waals surface area contributed by atoms with Gasteiger partial charge in [-0.3, -0.25) is 9.59 Å². The summed E-state index contributed by atoms with van der Waals surface area (Å²) in [6.45, 7) is 0. The minimum absolute atomic E-state index is 0.0914. The number of nitrogens with two attached hydrogens (primary N) is 1. The molecule has 0 saturated heterocycles. The second-order valence-corrected chi connectivity index (χ2v) is 11.6. The molecule has 0 heterocycles. The fourth-order valence-corrected chi connectivity index (χ4v) is 7.87. The maximum absolute atomic E-state index is 14.1. The predicted molar refractivity (Wildman–Crippen MR) is 106 cm³/mol. The molecule has 0 radical (unpaired) electrons. The van der Waals surface area contributed by atoms with Crippen molar-refractivity contribution >= 4 is 21.8 Å². The van der Waals surface area contributed by atoms with Crippen molar-refractivity contribution < 1.29 is 31.2 Å². The van der Waals surface area contributed by atoms with Gasteiger partial charge < -0.3 is 11.1 Å². The number of nitrogens with one attached hydrogen (secondary N) is 2. The van der Waals surface area contributed by atoms with Gasteiger partial charge in [0.05, 0.1) is 0 Å². The Morgan fingerprint density at radius 2 is 1.62 bits per heavy atom. The molecule has 32 heavy (non-hydrogen) atoms. The first-order valence-electron chi connectivity index (χ1n) is 10.7. The first-order chi connectivity index (χ1) is 15.0. The van der Waals surface area contributed by atoms with Crippen LogP contribution in [0.1, 0.15) is 44.9 Å². The van der Waals surface area contributed by atoms with Gasteiger partial charge in [0.2, 0.25) is 21.8 Å². The molecule has 4 N–H and O–H groups in total. The van der Waals surface area contributed by atoms with Gasteiger partial charge in [-0.1, -0.05) is 0 Å². The molecule has 5 fully saturated rings. The van der Waals surface area contributed by atoms with Gasteiger partial charge in [0, 0.05) is 11.5 Å². The minimum Gasteiger partial charge on any atom is -0.369 e. The molecule has 11 heteroatoms. The van der Waals surface area contributed by atoms with Gasteiger partial charge in [-0.25, -0.2) is 21.6 Å². The van der Waals surface area contributed by atoms with Gasteiger partial charge in [-0.15, -0.1) is 0 Å². The predicted octanol–water partition coefficient (Wildman–Crippen LogP) is 1.71. The molecule has 2 amide bonds. The quantitative estimate of drug-likeness (QED) is 0.548. The molecule has 0 aliphatic heterocycles. The fraction of sp³-hybridized carbons (Fsp3) is 0.619. The SMILES string of the molecule is NC(=O)C12CC3CC(C1)C(NC(=O)C1(NS(=O)(=O)c4ccc(F)c(F)c4F)CC1)C(C3)C2. The van der Waals surface area contributed by atoms with Gasteiger partial charge in [-0.05, 0) is 74.8 Å². The van der Waals surface area contributed by atoms with E-state index in [0.717, 1.165) is 19.3 Å². The molecule has 1 aromatic carbocycles. The summed E-state index contributed by atoms with van der Waals surface area (Å²) in [5.74, 6) is -5.45. The first kappa shape index (κ1) is 21.7. The Hall–Kier alpha value is -2.14.